The Kier molecular flexibility index (Phi) is 9.63. The first kappa shape index (κ1) is 25.9. The molecular weight excluding hydrogens is 531 g/mol. The maximum atomic E-state index is 13.4. The van der Waals surface area contributed by atoms with E-state index >= 15 is 0 Å². The minimum atomic E-state index is -0.798. The number of guanidine groups is 1. The van der Waals surface area contributed by atoms with Gasteiger partial charge in [0.15, 0.2) is 17.6 Å². The molecule has 0 radical (unpaired) electrons. The van der Waals surface area contributed by atoms with Gasteiger partial charge in [-0.2, -0.15) is 0 Å². The zero-order valence-electron chi connectivity index (χ0n) is 18.5. The van der Waals surface area contributed by atoms with Crippen LogP contribution in [-0.2, 0) is 18.5 Å². The predicted molar refractivity (Wildman–Crippen MR) is 134 cm³/mol. The minimum absolute atomic E-state index is 0. The summed E-state index contributed by atoms with van der Waals surface area (Å²) >= 11 is 1.66. The molecule has 3 rings (SSSR count). The number of aliphatic imine (C=N–C) groups is 1. The molecule has 31 heavy (non-hydrogen) atoms. The van der Waals surface area contributed by atoms with Gasteiger partial charge in [-0.05, 0) is 30.5 Å². The molecule has 1 aromatic heterocycles. The third-order valence-electron chi connectivity index (χ3n) is 5.27. The topological polar surface area (TPSA) is 52.6 Å². The summed E-state index contributed by atoms with van der Waals surface area (Å²) in [6, 6.07) is 4.47. The van der Waals surface area contributed by atoms with E-state index in [0.717, 1.165) is 48.2 Å². The number of benzene rings is 1. The second kappa shape index (κ2) is 11.5. The third kappa shape index (κ3) is 7.64. The molecule has 172 valence electrons. The molecule has 0 atom stereocenters. The number of hydrogen-bond donors (Lipinski definition) is 2. The molecule has 1 aliphatic rings. The predicted octanol–water partition coefficient (Wildman–Crippen LogP) is 4.67. The molecule has 0 aliphatic carbocycles. The lowest BCUT2D eigenvalue weighted by Crippen LogP contribution is -2.48. The zero-order chi connectivity index (χ0) is 21.7. The Bertz CT molecular complexity index is 873. The monoisotopic (exact) mass is 563 g/mol. The molecule has 2 aromatic rings. The Labute approximate surface area is 204 Å². The van der Waals surface area contributed by atoms with Gasteiger partial charge in [-0.25, -0.2) is 13.8 Å². The van der Waals surface area contributed by atoms with Crippen molar-refractivity contribution >= 4 is 41.3 Å². The standard InChI is InChI=1S/C22H31F2N5S.HI/c1-22(2,3)19-14-30-20(28-19)12-26-21(25-4)27-16-7-9-29(10-8-16)13-15-5-6-17(23)18(24)11-15;/h5-6,11,14,16H,7-10,12-13H2,1-4H3,(H2,25,26,27);1H. The Balaban J connectivity index is 0.00000341. The Morgan fingerprint density at radius 1 is 1.23 bits per heavy atom. The van der Waals surface area contributed by atoms with Crippen molar-refractivity contribution in [1.82, 2.24) is 20.5 Å². The highest BCUT2D eigenvalue weighted by molar-refractivity contribution is 14.0. The van der Waals surface area contributed by atoms with E-state index in [1.165, 1.54) is 12.1 Å². The highest BCUT2D eigenvalue weighted by Crippen LogP contribution is 2.23. The van der Waals surface area contributed by atoms with Gasteiger partial charge in [-0.3, -0.25) is 9.89 Å². The average molecular weight is 564 g/mol. The first-order valence-electron chi connectivity index (χ1n) is 10.3. The van der Waals surface area contributed by atoms with Gasteiger partial charge in [0.2, 0.25) is 0 Å². The number of thiazole rings is 1. The fourth-order valence-corrected chi connectivity index (χ4v) is 4.38. The molecule has 1 aromatic carbocycles. The van der Waals surface area contributed by atoms with E-state index in [0.29, 0.717) is 19.1 Å². The van der Waals surface area contributed by atoms with Crippen molar-refractivity contribution in [2.45, 2.75) is 58.2 Å². The summed E-state index contributed by atoms with van der Waals surface area (Å²) in [6.07, 6.45) is 1.94. The van der Waals surface area contributed by atoms with Crippen LogP contribution in [0.4, 0.5) is 8.78 Å². The summed E-state index contributed by atoms with van der Waals surface area (Å²) in [5.74, 6) is -0.803. The number of aromatic nitrogens is 1. The number of rotatable bonds is 5. The zero-order valence-corrected chi connectivity index (χ0v) is 21.7. The highest BCUT2D eigenvalue weighted by atomic mass is 127. The molecule has 0 amide bonds. The van der Waals surface area contributed by atoms with E-state index in [1.807, 2.05) is 0 Å². The number of nitrogens with zero attached hydrogens (tertiary/aromatic N) is 3. The van der Waals surface area contributed by atoms with E-state index < -0.39 is 11.6 Å². The molecule has 2 N–H and O–H groups in total. The number of piperidine rings is 1. The molecule has 1 saturated heterocycles. The van der Waals surface area contributed by atoms with Crippen molar-refractivity contribution in [3.05, 3.63) is 51.5 Å². The van der Waals surface area contributed by atoms with Crippen LogP contribution in [0.25, 0.3) is 0 Å². The normalized spacial score (nSPS) is 16.1. The van der Waals surface area contributed by atoms with Crippen molar-refractivity contribution in [3.63, 3.8) is 0 Å². The minimum Gasteiger partial charge on any atom is -0.354 e. The van der Waals surface area contributed by atoms with Gasteiger partial charge in [0, 0.05) is 43.5 Å². The summed E-state index contributed by atoms with van der Waals surface area (Å²) in [6.45, 7) is 9.58. The van der Waals surface area contributed by atoms with Crippen molar-refractivity contribution in [3.8, 4) is 0 Å². The first-order chi connectivity index (χ1) is 14.2. The molecular formula is C22H32F2IN5S. The molecule has 0 bridgehead atoms. The lowest BCUT2D eigenvalue weighted by atomic mass is 9.93. The largest absolute Gasteiger partial charge is 0.354 e. The second-order valence-electron chi connectivity index (χ2n) is 8.75. The summed E-state index contributed by atoms with van der Waals surface area (Å²) < 4.78 is 26.5. The molecule has 1 aliphatic heterocycles. The smallest absolute Gasteiger partial charge is 0.191 e. The van der Waals surface area contributed by atoms with Gasteiger partial charge >= 0.3 is 0 Å². The maximum absolute atomic E-state index is 13.4. The molecule has 0 saturated carbocycles. The average Bonchev–Trinajstić information content (AvgIpc) is 3.19. The van der Waals surface area contributed by atoms with Crippen molar-refractivity contribution in [1.29, 1.82) is 0 Å². The summed E-state index contributed by atoms with van der Waals surface area (Å²) in [4.78, 5) is 11.3. The van der Waals surface area contributed by atoms with Crippen LogP contribution in [0.2, 0.25) is 0 Å². The van der Waals surface area contributed by atoms with Gasteiger partial charge in [0.1, 0.15) is 5.01 Å². The molecule has 2 heterocycles. The van der Waals surface area contributed by atoms with Crippen LogP contribution < -0.4 is 10.6 Å². The van der Waals surface area contributed by atoms with Gasteiger partial charge < -0.3 is 10.6 Å². The maximum Gasteiger partial charge on any atom is 0.191 e. The molecule has 0 spiro atoms. The van der Waals surface area contributed by atoms with Crippen LogP contribution in [0.5, 0.6) is 0 Å². The van der Waals surface area contributed by atoms with Crippen LogP contribution in [-0.4, -0.2) is 42.0 Å². The van der Waals surface area contributed by atoms with E-state index in [1.54, 1.807) is 24.5 Å². The Hall–Kier alpha value is -1.33. The number of halogens is 3. The van der Waals surface area contributed by atoms with Crippen LogP contribution in [0.1, 0.15) is 49.9 Å². The quantitative estimate of drug-likeness (QED) is 0.316. The van der Waals surface area contributed by atoms with Crippen LogP contribution >= 0.6 is 35.3 Å². The summed E-state index contributed by atoms with van der Waals surface area (Å²) in [5, 5.41) is 10.0. The van der Waals surface area contributed by atoms with Gasteiger partial charge in [0.25, 0.3) is 0 Å². The fraction of sp³-hybridized carbons (Fsp3) is 0.545. The molecule has 5 nitrogen and oxygen atoms in total. The fourth-order valence-electron chi connectivity index (χ4n) is 3.42. The van der Waals surface area contributed by atoms with Gasteiger partial charge in [-0.1, -0.05) is 26.8 Å². The van der Waals surface area contributed by atoms with Gasteiger partial charge in [0.05, 0.1) is 12.2 Å². The number of likely N-dealkylation sites (tertiary alicyclic amines) is 1. The Morgan fingerprint density at radius 2 is 1.94 bits per heavy atom. The van der Waals surface area contributed by atoms with E-state index in [2.05, 4.69) is 46.7 Å². The van der Waals surface area contributed by atoms with Crippen LogP contribution in [0.3, 0.4) is 0 Å². The second-order valence-corrected chi connectivity index (χ2v) is 9.69. The Morgan fingerprint density at radius 3 is 2.52 bits per heavy atom. The number of nitrogens with one attached hydrogen (secondary N) is 2. The molecule has 9 heteroatoms. The van der Waals surface area contributed by atoms with Crippen LogP contribution in [0.15, 0.2) is 28.6 Å². The lowest BCUT2D eigenvalue weighted by Gasteiger charge is -2.33. The van der Waals surface area contributed by atoms with Crippen molar-refractivity contribution in [2.75, 3.05) is 20.1 Å². The van der Waals surface area contributed by atoms with E-state index in [9.17, 15) is 8.78 Å². The van der Waals surface area contributed by atoms with Crippen molar-refractivity contribution in [2.24, 2.45) is 4.99 Å². The molecule has 1 fully saturated rings. The summed E-state index contributed by atoms with van der Waals surface area (Å²) in [5.41, 5.74) is 1.97. The van der Waals surface area contributed by atoms with Crippen LogP contribution in [0, 0.1) is 11.6 Å². The SMILES string of the molecule is CN=C(NCc1nc(C(C)(C)C)cs1)NC1CCN(Cc2ccc(F)c(F)c2)CC1.I. The third-order valence-corrected chi connectivity index (χ3v) is 6.12. The van der Waals surface area contributed by atoms with E-state index in [-0.39, 0.29) is 29.4 Å². The van der Waals surface area contributed by atoms with E-state index in [4.69, 9.17) is 4.98 Å². The van der Waals surface area contributed by atoms with Gasteiger partial charge in [-0.15, -0.1) is 35.3 Å². The van der Waals surface area contributed by atoms with Crippen molar-refractivity contribution < 1.29 is 8.78 Å². The molecule has 0 unspecified atom stereocenters. The first-order valence-corrected chi connectivity index (χ1v) is 11.2. The lowest BCUT2D eigenvalue weighted by molar-refractivity contribution is 0.198. The summed E-state index contributed by atoms with van der Waals surface area (Å²) in [7, 11) is 1.77. The highest BCUT2D eigenvalue weighted by Gasteiger charge is 2.21. The number of hydrogen-bond acceptors (Lipinski definition) is 4.